The first-order chi connectivity index (χ1) is 16.2. The lowest BCUT2D eigenvalue weighted by Gasteiger charge is -2.33. The average Bonchev–Trinajstić information content (AvgIpc) is 3.22. The van der Waals surface area contributed by atoms with Crippen LogP contribution in [0.3, 0.4) is 0 Å². The van der Waals surface area contributed by atoms with Crippen LogP contribution in [0, 0.1) is 18.3 Å². The number of alkyl halides is 3. The van der Waals surface area contributed by atoms with E-state index in [4.69, 9.17) is 0 Å². The van der Waals surface area contributed by atoms with E-state index in [-0.39, 0.29) is 24.4 Å². The number of nitrogens with one attached hydrogen (secondary N) is 2. The van der Waals surface area contributed by atoms with Gasteiger partial charge >= 0.3 is 6.18 Å². The molecular formula is C26H29F3N4O. The van der Waals surface area contributed by atoms with Gasteiger partial charge in [0.1, 0.15) is 0 Å². The van der Waals surface area contributed by atoms with Gasteiger partial charge < -0.3 is 10.3 Å². The summed E-state index contributed by atoms with van der Waals surface area (Å²) in [5, 5.41) is 12.6. The highest BCUT2D eigenvalue weighted by atomic mass is 19.4. The highest BCUT2D eigenvalue weighted by Crippen LogP contribution is 2.31. The van der Waals surface area contributed by atoms with Gasteiger partial charge in [-0.2, -0.15) is 18.4 Å². The fourth-order valence-electron chi connectivity index (χ4n) is 4.88. The highest BCUT2D eigenvalue weighted by Gasteiger charge is 2.26. The van der Waals surface area contributed by atoms with Crippen molar-refractivity contribution in [3.05, 3.63) is 68.1 Å². The van der Waals surface area contributed by atoms with Crippen LogP contribution in [0.15, 0.2) is 34.8 Å². The van der Waals surface area contributed by atoms with Gasteiger partial charge in [0.2, 0.25) is 5.56 Å². The number of hydrogen-bond acceptors (Lipinski definition) is 4. The van der Waals surface area contributed by atoms with Crippen molar-refractivity contribution in [3.8, 4) is 6.07 Å². The number of rotatable bonds is 7. The number of likely N-dealkylation sites (tertiary alicyclic amines) is 1. The van der Waals surface area contributed by atoms with Crippen molar-refractivity contribution < 1.29 is 13.2 Å². The van der Waals surface area contributed by atoms with Crippen molar-refractivity contribution in [1.82, 2.24) is 9.88 Å². The van der Waals surface area contributed by atoms with Gasteiger partial charge in [-0.1, -0.05) is 12.1 Å². The number of piperidine rings is 1. The minimum absolute atomic E-state index is 0.00610. The molecule has 0 unspecified atom stereocenters. The molecule has 0 radical (unpaired) electrons. The molecular weight excluding hydrogens is 441 g/mol. The normalized spacial score (nSPS) is 16.7. The van der Waals surface area contributed by atoms with Crippen molar-refractivity contribution in [2.75, 3.05) is 18.4 Å². The van der Waals surface area contributed by atoms with Crippen LogP contribution in [0.4, 0.5) is 18.9 Å². The summed E-state index contributed by atoms with van der Waals surface area (Å²) >= 11 is 0. The Morgan fingerprint density at radius 1 is 1.24 bits per heavy atom. The molecule has 1 aliphatic carbocycles. The minimum Gasteiger partial charge on any atom is -0.382 e. The van der Waals surface area contributed by atoms with Crippen molar-refractivity contribution >= 4 is 11.8 Å². The van der Waals surface area contributed by atoms with Gasteiger partial charge in [0.15, 0.2) is 0 Å². The number of halogens is 3. The molecule has 1 aromatic carbocycles. The largest absolute Gasteiger partial charge is 0.389 e. The van der Waals surface area contributed by atoms with E-state index in [2.05, 4.69) is 40.3 Å². The lowest BCUT2D eigenvalue weighted by molar-refractivity contribution is -0.135. The number of aryl methyl sites for hydroxylation is 1. The maximum Gasteiger partial charge on any atom is 0.389 e. The first-order valence-corrected chi connectivity index (χ1v) is 11.7. The summed E-state index contributed by atoms with van der Waals surface area (Å²) in [6.07, 6.45) is 1.26. The molecule has 8 heteroatoms. The van der Waals surface area contributed by atoms with Crippen LogP contribution in [0.1, 0.15) is 53.5 Å². The fourth-order valence-corrected chi connectivity index (χ4v) is 4.88. The lowest BCUT2D eigenvalue weighted by atomic mass is 9.97. The summed E-state index contributed by atoms with van der Waals surface area (Å²) in [5.41, 5.74) is 6.78. The molecule has 0 atom stereocenters. The maximum atomic E-state index is 12.5. The van der Waals surface area contributed by atoms with Crippen LogP contribution in [-0.2, 0) is 19.4 Å². The first-order valence-electron chi connectivity index (χ1n) is 11.7. The van der Waals surface area contributed by atoms with Crippen LogP contribution in [-0.4, -0.2) is 35.2 Å². The number of aromatic nitrogens is 1. The highest BCUT2D eigenvalue weighted by molar-refractivity contribution is 5.70. The number of nitrogens with zero attached hydrogens (tertiary/aromatic N) is 2. The molecule has 1 saturated heterocycles. The quantitative estimate of drug-likeness (QED) is 0.590. The van der Waals surface area contributed by atoms with E-state index < -0.39 is 12.6 Å². The van der Waals surface area contributed by atoms with Crippen molar-refractivity contribution in [3.63, 3.8) is 0 Å². The molecule has 180 valence electrons. The van der Waals surface area contributed by atoms with Crippen LogP contribution in [0.5, 0.6) is 0 Å². The van der Waals surface area contributed by atoms with E-state index in [1.54, 1.807) is 0 Å². The van der Waals surface area contributed by atoms with Gasteiger partial charge in [0.25, 0.3) is 0 Å². The second kappa shape index (κ2) is 10.1. The zero-order chi connectivity index (χ0) is 24.3. The molecule has 0 saturated carbocycles. The third kappa shape index (κ3) is 5.89. The molecule has 4 rings (SSSR count). The van der Waals surface area contributed by atoms with Gasteiger partial charge in [-0.25, -0.2) is 0 Å². The molecule has 34 heavy (non-hydrogen) atoms. The van der Waals surface area contributed by atoms with E-state index in [1.165, 1.54) is 34.5 Å². The number of pyridine rings is 1. The lowest BCUT2D eigenvalue weighted by Crippen LogP contribution is -2.39. The Balaban J connectivity index is 1.34. The molecule has 1 fully saturated rings. The fraction of sp³-hybridized carbons (Fsp3) is 0.462. The number of H-pyrrole nitrogens is 1. The van der Waals surface area contributed by atoms with Crippen LogP contribution in [0.2, 0.25) is 0 Å². The Labute approximate surface area is 197 Å². The van der Waals surface area contributed by atoms with Crippen LogP contribution in [0.25, 0.3) is 6.08 Å². The molecule has 2 aromatic rings. The monoisotopic (exact) mass is 470 g/mol. The summed E-state index contributed by atoms with van der Waals surface area (Å²) < 4.78 is 37.6. The molecule has 0 spiro atoms. The van der Waals surface area contributed by atoms with Gasteiger partial charge in [0.05, 0.1) is 6.07 Å². The third-order valence-electron chi connectivity index (χ3n) is 6.82. The molecule has 2 N–H and O–H groups in total. The second-order valence-corrected chi connectivity index (χ2v) is 9.28. The Morgan fingerprint density at radius 3 is 2.71 bits per heavy atom. The molecule has 0 amide bonds. The number of aromatic amines is 1. The smallest absolute Gasteiger partial charge is 0.382 e. The number of anilines is 1. The zero-order valence-corrected chi connectivity index (χ0v) is 19.3. The SMILES string of the molecule is Cc1c(CN2CCC(Nc3cc(=O)[nH]cc3CCCC(F)(F)F)CC2)ccc2c1C=C(C#N)C2. The van der Waals surface area contributed by atoms with Gasteiger partial charge in [0, 0.05) is 62.0 Å². The van der Waals surface area contributed by atoms with Gasteiger partial charge in [-0.3, -0.25) is 9.69 Å². The van der Waals surface area contributed by atoms with Gasteiger partial charge in [-0.05, 0) is 66.5 Å². The van der Waals surface area contributed by atoms with Crippen molar-refractivity contribution in [2.45, 2.75) is 64.2 Å². The Morgan fingerprint density at radius 2 is 2.00 bits per heavy atom. The standard InChI is InChI=1S/C26H29F3N4O/c1-17-21(5-4-19-11-18(14-30)12-23(17)19)16-33-9-6-22(7-10-33)32-24-13-25(34)31-15-20(24)3-2-8-26(27,28)29/h4-5,12-13,15,22H,2-3,6-11,16H2,1H3,(H2,31,32,34). The minimum atomic E-state index is -4.17. The number of nitriles is 1. The molecule has 5 nitrogen and oxygen atoms in total. The molecule has 2 heterocycles. The Bertz CT molecular complexity index is 1170. The molecule has 2 aliphatic rings. The molecule has 0 bridgehead atoms. The summed E-state index contributed by atoms with van der Waals surface area (Å²) in [5.74, 6) is 0. The van der Waals surface area contributed by atoms with E-state index in [1.807, 2.05) is 6.08 Å². The van der Waals surface area contributed by atoms with Gasteiger partial charge in [-0.15, -0.1) is 0 Å². The number of hydrogen-bond donors (Lipinski definition) is 2. The predicted octanol–water partition coefficient (Wildman–Crippen LogP) is 5.11. The van der Waals surface area contributed by atoms with E-state index >= 15 is 0 Å². The zero-order valence-electron chi connectivity index (χ0n) is 19.3. The van der Waals surface area contributed by atoms with E-state index in [9.17, 15) is 23.2 Å². The first kappa shape index (κ1) is 24.1. The number of allylic oxidation sites excluding steroid dienone is 1. The maximum absolute atomic E-state index is 12.5. The Kier molecular flexibility index (Phi) is 7.13. The molecule has 1 aromatic heterocycles. The summed E-state index contributed by atoms with van der Waals surface area (Å²) in [6, 6.07) is 8.17. The number of benzene rings is 1. The average molecular weight is 471 g/mol. The topological polar surface area (TPSA) is 71.9 Å². The third-order valence-corrected chi connectivity index (χ3v) is 6.82. The van der Waals surface area contributed by atoms with E-state index in [0.717, 1.165) is 38.0 Å². The van der Waals surface area contributed by atoms with Crippen molar-refractivity contribution in [2.24, 2.45) is 0 Å². The Hall–Kier alpha value is -3.05. The van der Waals surface area contributed by atoms with Crippen LogP contribution >= 0.6 is 0 Å². The summed E-state index contributed by atoms with van der Waals surface area (Å²) in [6.45, 7) is 4.74. The predicted molar refractivity (Wildman–Crippen MR) is 126 cm³/mol. The van der Waals surface area contributed by atoms with E-state index in [0.29, 0.717) is 17.7 Å². The molecule has 1 aliphatic heterocycles. The number of fused-ring (bicyclic) bond motifs is 1. The second-order valence-electron chi connectivity index (χ2n) is 9.28. The van der Waals surface area contributed by atoms with Crippen molar-refractivity contribution in [1.29, 1.82) is 5.26 Å². The summed E-state index contributed by atoms with van der Waals surface area (Å²) in [4.78, 5) is 16.8. The van der Waals surface area contributed by atoms with Crippen LogP contribution < -0.4 is 10.9 Å². The summed E-state index contributed by atoms with van der Waals surface area (Å²) in [7, 11) is 0.